The van der Waals surface area contributed by atoms with Crippen molar-refractivity contribution in [1.82, 2.24) is 14.8 Å². The van der Waals surface area contributed by atoms with Gasteiger partial charge in [-0.2, -0.15) is 5.10 Å². The highest BCUT2D eigenvalue weighted by molar-refractivity contribution is 7.91. The van der Waals surface area contributed by atoms with Crippen LogP contribution in [0.4, 0.5) is 5.69 Å². The number of halogens is 1. The predicted molar refractivity (Wildman–Crippen MR) is 143 cm³/mol. The fourth-order valence-corrected chi connectivity index (χ4v) is 6.46. The Bertz CT molecular complexity index is 1620. The highest BCUT2D eigenvalue weighted by atomic mass is 35.5. The molecule has 0 spiro atoms. The molecule has 2 aromatic carbocycles. The molecule has 1 aliphatic rings. The van der Waals surface area contributed by atoms with E-state index in [0.717, 1.165) is 5.56 Å². The number of ether oxygens (including phenoxy) is 2. The Morgan fingerprint density at radius 1 is 1.11 bits per heavy atom. The number of amides is 1. The van der Waals surface area contributed by atoms with Crippen molar-refractivity contribution in [1.29, 1.82) is 0 Å². The van der Waals surface area contributed by atoms with Crippen molar-refractivity contribution in [2.75, 3.05) is 31.0 Å². The zero-order valence-corrected chi connectivity index (χ0v) is 22.1. The summed E-state index contributed by atoms with van der Waals surface area (Å²) in [7, 11) is -0.0649. The Morgan fingerprint density at radius 2 is 1.86 bits per heavy atom. The number of rotatable bonds is 6. The summed E-state index contributed by atoms with van der Waals surface area (Å²) < 4.78 is 36.7. The van der Waals surface area contributed by atoms with E-state index < -0.39 is 15.7 Å². The minimum absolute atomic E-state index is 0.0150. The number of benzene rings is 2. The van der Waals surface area contributed by atoms with Gasteiger partial charge in [-0.25, -0.2) is 18.1 Å². The zero-order valence-electron chi connectivity index (χ0n) is 20.5. The number of fused-ring (bicyclic) bond motifs is 1. The number of methoxy groups -OCH3 is 2. The lowest BCUT2D eigenvalue weighted by molar-refractivity contribution is 0.102. The highest BCUT2D eigenvalue weighted by Gasteiger charge is 2.32. The smallest absolute Gasteiger partial charge is 0.256 e. The van der Waals surface area contributed by atoms with E-state index in [9.17, 15) is 13.2 Å². The number of hydrogen-bond acceptors (Lipinski definition) is 7. The van der Waals surface area contributed by atoms with Gasteiger partial charge in [0.05, 0.1) is 59.8 Å². The van der Waals surface area contributed by atoms with Crippen molar-refractivity contribution >= 4 is 44.1 Å². The number of sulfone groups is 1. The number of nitrogens with zero attached hydrogens (tertiary/aromatic N) is 3. The molecule has 0 radical (unpaired) electrons. The first-order valence-corrected chi connectivity index (χ1v) is 13.8. The first-order valence-electron chi connectivity index (χ1n) is 11.6. The molecule has 1 atom stereocenters. The SMILES string of the molecule is COc1ccc(-c2cc(C(=O)Nc3cc(Cl)ccc3OC)c3c(C)nn(C4CCS(=O)(=O)C4)c3n2)cc1. The third kappa shape index (κ3) is 4.86. The van der Waals surface area contributed by atoms with Crippen LogP contribution in [-0.4, -0.2) is 54.8 Å². The van der Waals surface area contributed by atoms with Crippen LogP contribution in [-0.2, 0) is 9.84 Å². The van der Waals surface area contributed by atoms with Crippen molar-refractivity contribution in [3.05, 3.63) is 64.8 Å². The van der Waals surface area contributed by atoms with Crippen LogP contribution in [0.5, 0.6) is 11.5 Å². The van der Waals surface area contributed by atoms with Crippen molar-refractivity contribution < 1.29 is 22.7 Å². The van der Waals surface area contributed by atoms with Gasteiger partial charge >= 0.3 is 0 Å². The first kappa shape index (κ1) is 25.0. The predicted octanol–water partition coefficient (Wildman–Crippen LogP) is 4.69. The fourth-order valence-electron chi connectivity index (χ4n) is 4.59. The van der Waals surface area contributed by atoms with Crippen molar-refractivity contribution in [3.8, 4) is 22.8 Å². The molecule has 192 valence electrons. The van der Waals surface area contributed by atoms with E-state index >= 15 is 0 Å². The summed E-state index contributed by atoms with van der Waals surface area (Å²) >= 11 is 6.16. The van der Waals surface area contributed by atoms with Gasteiger partial charge in [0, 0.05) is 10.6 Å². The Balaban J connectivity index is 1.67. The van der Waals surface area contributed by atoms with Crippen molar-refractivity contribution in [3.63, 3.8) is 0 Å². The quantitative estimate of drug-likeness (QED) is 0.377. The van der Waals surface area contributed by atoms with Gasteiger partial charge in [-0.05, 0) is 61.9 Å². The van der Waals surface area contributed by atoms with Crippen LogP contribution in [0.2, 0.25) is 5.02 Å². The van der Waals surface area contributed by atoms with E-state index in [1.165, 1.54) is 7.11 Å². The number of nitrogens with one attached hydrogen (secondary N) is 1. The normalized spacial score (nSPS) is 16.6. The number of aromatic nitrogens is 3. The average Bonchev–Trinajstić information content (AvgIpc) is 3.42. The standard InChI is InChI=1S/C26H25ClN4O5S/c1-15-24-20(26(32)29-22-12-17(27)6-9-23(22)36-3)13-21(16-4-7-19(35-2)8-5-16)28-25(24)31(30-15)18-10-11-37(33,34)14-18/h4-9,12-13,18H,10-11,14H2,1-3H3,(H,29,32). The second-order valence-electron chi connectivity index (χ2n) is 8.87. The number of carbonyl (C=O) groups excluding carboxylic acids is 1. The summed E-state index contributed by atoms with van der Waals surface area (Å²) in [5, 5.41) is 8.54. The molecule has 4 aromatic rings. The van der Waals surface area contributed by atoms with E-state index in [2.05, 4.69) is 10.4 Å². The molecule has 1 saturated heterocycles. The van der Waals surface area contributed by atoms with Crippen LogP contribution in [0.3, 0.4) is 0 Å². The first-order chi connectivity index (χ1) is 17.7. The molecular weight excluding hydrogens is 516 g/mol. The van der Waals surface area contributed by atoms with E-state index in [1.54, 1.807) is 43.0 Å². The van der Waals surface area contributed by atoms with Gasteiger partial charge in [-0.1, -0.05) is 11.6 Å². The Morgan fingerprint density at radius 3 is 2.51 bits per heavy atom. The molecule has 5 rings (SSSR count). The number of aryl methyl sites for hydroxylation is 1. The largest absolute Gasteiger partial charge is 0.497 e. The Hall–Kier alpha value is -3.63. The Labute approximate surface area is 219 Å². The molecule has 0 bridgehead atoms. The molecule has 1 N–H and O–H groups in total. The summed E-state index contributed by atoms with van der Waals surface area (Å²) in [5.74, 6) is 0.830. The topological polar surface area (TPSA) is 112 Å². The van der Waals surface area contributed by atoms with Crippen molar-refractivity contribution in [2.45, 2.75) is 19.4 Å². The van der Waals surface area contributed by atoms with Gasteiger partial charge in [-0.3, -0.25) is 4.79 Å². The van der Waals surface area contributed by atoms with E-state index in [-0.39, 0.29) is 17.5 Å². The molecule has 1 aliphatic heterocycles. The van der Waals surface area contributed by atoms with Gasteiger partial charge in [0.15, 0.2) is 15.5 Å². The maximum Gasteiger partial charge on any atom is 0.256 e. The Kier molecular flexibility index (Phi) is 6.55. The zero-order chi connectivity index (χ0) is 26.3. The molecule has 1 unspecified atom stereocenters. The maximum atomic E-state index is 13.7. The maximum absolute atomic E-state index is 13.7. The van der Waals surface area contributed by atoms with E-state index in [0.29, 0.717) is 56.6 Å². The lowest BCUT2D eigenvalue weighted by atomic mass is 10.0. The van der Waals surface area contributed by atoms with Crippen LogP contribution in [0.25, 0.3) is 22.3 Å². The molecule has 0 aliphatic carbocycles. The minimum atomic E-state index is -3.16. The van der Waals surface area contributed by atoms with Gasteiger partial charge in [0.1, 0.15) is 11.5 Å². The third-order valence-electron chi connectivity index (χ3n) is 6.43. The van der Waals surface area contributed by atoms with Crippen LogP contribution in [0.15, 0.2) is 48.5 Å². The second-order valence-corrected chi connectivity index (χ2v) is 11.5. The fraction of sp³-hybridized carbons (Fsp3) is 0.269. The number of hydrogen-bond donors (Lipinski definition) is 1. The molecule has 0 saturated carbocycles. The third-order valence-corrected chi connectivity index (χ3v) is 8.42. The number of anilines is 1. The molecule has 1 amide bonds. The molecule has 37 heavy (non-hydrogen) atoms. The summed E-state index contributed by atoms with van der Waals surface area (Å²) in [5.41, 5.74) is 3.11. The molecular formula is C26H25ClN4O5S. The molecule has 1 fully saturated rings. The van der Waals surface area contributed by atoms with Gasteiger partial charge < -0.3 is 14.8 Å². The van der Waals surface area contributed by atoms with E-state index in [1.807, 2.05) is 24.3 Å². The lowest BCUT2D eigenvalue weighted by Gasteiger charge is -2.14. The molecule has 2 aromatic heterocycles. The van der Waals surface area contributed by atoms with Crippen LogP contribution in [0.1, 0.15) is 28.5 Å². The van der Waals surface area contributed by atoms with Crippen LogP contribution < -0.4 is 14.8 Å². The summed E-state index contributed by atoms with van der Waals surface area (Å²) in [6, 6.07) is 13.6. The lowest BCUT2D eigenvalue weighted by Crippen LogP contribution is -2.15. The van der Waals surface area contributed by atoms with Gasteiger partial charge in [0.2, 0.25) is 0 Å². The molecule has 9 nitrogen and oxygen atoms in total. The van der Waals surface area contributed by atoms with Crippen LogP contribution in [0, 0.1) is 6.92 Å². The van der Waals surface area contributed by atoms with Gasteiger partial charge in [0.25, 0.3) is 5.91 Å². The molecule has 11 heteroatoms. The molecule has 3 heterocycles. The number of carbonyl (C=O) groups is 1. The summed E-state index contributed by atoms with van der Waals surface area (Å²) in [6.07, 6.45) is 0.439. The minimum Gasteiger partial charge on any atom is -0.497 e. The van der Waals surface area contributed by atoms with Gasteiger partial charge in [-0.15, -0.1) is 0 Å². The number of pyridine rings is 1. The van der Waals surface area contributed by atoms with E-state index in [4.69, 9.17) is 26.1 Å². The highest BCUT2D eigenvalue weighted by Crippen LogP contribution is 2.34. The monoisotopic (exact) mass is 540 g/mol. The van der Waals surface area contributed by atoms with Crippen molar-refractivity contribution in [2.24, 2.45) is 0 Å². The summed E-state index contributed by atoms with van der Waals surface area (Å²) in [6.45, 7) is 1.79. The summed E-state index contributed by atoms with van der Waals surface area (Å²) in [4.78, 5) is 18.5. The second kappa shape index (κ2) is 9.68. The average molecular weight is 541 g/mol. The van der Waals surface area contributed by atoms with Crippen LogP contribution >= 0.6 is 11.6 Å².